The lowest BCUT2D eigenvalue weighted by Gasteiger charge is -2.10. The van der Waals surface area contributed by atoms with Gasteiger partial charge < -0.3 is 20.7 Å². The number of alkyl carbamates (subject to hydrolysis) is 1. The number of carbonyl (C=O) groups is 2. The lowest BCUT2D eigenvalue weighted by Crippen LogP contribution is -2.37. The maximum Gasteiger partial charge on any atom is 0.416 e. The Morgan fingerprint density at radius 3 is 2.23 bits per heavy atom. The highest BCUT2D eigenvalue weighted by atomic mass is 19.4. The van der Waals surface area contributed by atoms with Gasteiger partial charge in [0.15, 0.2) is 0 Å². The molecule has 3 amide bonds. The number of rotatable bonds is 5. The molecule has 0 aliphatic heterocycles. The Hall–Kier alpha value is -2.45. The molecule has 0 unspecified atom stereocenters. The fourth-order valence-electron chi connectivity index (χ4n) is 1.44. The standard InChI is InChI=1S/C13H16F3N3O3/c1-2-22-12(21)18-8-7-17-11(20)19-10-5-3-9(4-6-10)13(14,15)16/h3-6H,2,7-8H2,1H3,(H,18,21)(H2,17,19,20). The van der Waals surface area contributed by atoms with Gasteiger partial charge in [-0.25, -0.2) is 9.59 Å². The number of amides is 3. The summed E-state index contributed by atoms with van der Waals surface area (Å²) in [5.41, 5.74) is -0.569. The van der Waals surface area contributed by atoms with Crippen LogP contribution in [0.15, 0.2) is 24.3 Å². The molecule has 0 aliphatic carbocycles. The number of nitrogens with one attached hydrogen (secondary N) is 3. The number of anilines is 1. The molecule has 0 atom stereocenters. The second-order valence-electron chi connectivity index (χ2n) is 4.10. The maximum absolute atomic E-state index is 12.4. The Balaban J connectivity index is 2.32. The molecular weight excluding hydrogens is 303 g/mol. The van der Waals surface area contributed by atoms with Gasteiger partial charge in [-0.15, -0.1) is 0 Å². The molecule has 0 heterocycles. The topological polar surface area (TPSA) is 79.5 Å². The van der Waals surface area contributed by atoms with E-state index in [1.54, 1.807) is 6.92 Å². The van der Waals surface area contributed by atoms with Crippen LogP contribution in [0.1, 0.15) is 12.5 Å². The zero-order valence-corrected chi connectivity index (χ0v) is 11.8. The van der Waals surface area contributed by atoms with Crippen LogP contribution in [-0.4, -0.2) is 31.8 Å². The molecule has 9 heteroatoms. The first kappa shape index (κ1) is 17.6. The monoisotopic (exact) mass is 319 g/mol. The van der Waals surface area contributed by atoms with Crippen LogP contribution in [0.3, 0.4) is 0 Å². The fraction of sp³-hybridized carbons (Fsp3) is 0.385. The summed E-state index contributed by atoms with van der Waals surface area (Å²) >= 11 is 0. The normalized spacial score (nSPS) is 10.7. The summed E-state index contributed by atoms with van der Waals surface area (Å²) in [5, 5.41) is 7.20. The predicted octanol–water partition coefficient (Wildman–Crippen LogP) is 2.57. The van der Waals surface area contributed by atoms with E-state index in [0.717, 1.165) is 24.3 Å². The molecule has 0 bridgehead atoms. The number of alkyl halides is 3. The Morgan fingerprint density at radius 1 is 1.09 bits per heavy atom. The quantitative estimate of drug-likeness (QED) is 0.730. The largest absolute Gasteiger partial charge is 0.450 e. The van der Waals surface area contributed by atoms with Crippen molar-refractivity contribution in [1.29, 1.82) is 0 Å². The summed E-state index contributed by atoms with van der Waals surface area (Å²) in [7, 11) is 0. The predicted molar refractivity (Wildman–Crippen MR) is 73.5 cm³/mol. The maximum atomic E-state index is 12.4. The SMILES string of the molecule is CCOC(=O)NCCNC(=O)Nc1ccc(C(F)(F)F)cc1. The van der Waals surface area contributed by atoms with Gasteiger partial charge >= 0.3 is 18.3 Å². The van der Waals surface area contributed by atoms with Crippen molar-refractivity contribution in [1.82, 2.24) is 10.6 Å². The van der Waals surface area contributed by atoms with Gasteiger partial charge in [0, 0.05) is 18.8 Å². The molecule has 0 radical (unpaired) electrons. The molecule has 22 heavy (non-hydrogen) atoms. The summed E-state index contributed by atoms with van der Waals surface area (Å²) in [5.74, 6) is 0. The first-order chi connectivity index (χ1) is 10.3. The van der Waals surface area contributed by atoms with Crippen molar-refractivity contribution in [3.05, 3.63) is 29.8 Å². The van der Waals surface area contributed by atoms with Gasteiger partial charge in [-0.1, -0.05) is 0 Å². The Bertz CT molecular complexity index is 503. The van der Waals surface area contributed by atoms with Crippen LogP contribution in [-0.2, 0) is 10.9 Å². The number of benzene rings is 1. The highest BCUT2D eigenvalue weighted by Crippen LogP contribution is 2.29. The van der Waals surface area contributed by atoms with Crippen molar-refractivity contribution >= 4 is 17.8 Å². The smallest absolute Gasteiger partial charge is 0.416 e. The number of halogens is 3. The molecule has 0 aliphatic rings. The Morgan fingerprint density at radius 2 is 1.68 bits per heavy atom. The van der Waals surface area contributed by atoms with E-state index in [9.17, 15) is 22.8 Å². The molecule has 0 saturated carbocycles. The van der Waals surface area contributed by atoms with E-state index in [-0.39, 0.29) is 25.4 Å². The van der Waals surface area contributed by atoms with E-state index in [4.69, 9.17) is 0 Å². The molecule has 3 N–H and O–H groups in total. The molecule has 122 valence electrons. The number of hydrogen-bond donors (Lipinski definition) is 3. The summed E-state index contributed by atoms with van der Waals surface area (Å²) in [6.07, 6.45) is -5.01. The van der Waals surface area contributed by atoms with Crippen LogP contribution in [0, 0.1) is 0 Å². The molecule has 1 rings (SSSR count). The minimum Gasteiger partial charge on any atom is -0.450 e. The second-order valence-corrected chi connectivity index (χ2v) is 4.10. The number of urea groups is 1. The number of carbonyl (C=O) groups excluding carboxylic acids is 2. The average Bonchev–Trinajstić information content (AvgIpc) is 2.43. The first-order valence-corrected chi connectivity index (χ1v) is 6.45. The molecule has 0 aromatic heterocycles. The van der Waals surface area contributed by atoms with Crippen LogP contribution in [0.25, 0.3) is 0 Å². The van der Waals surface area contributed by atoms with Gasteiger partial charge in [0.05, 0.1) is 12.2 Å². The molecule has 6 nitrogen and oxygen atoms in total. The molecule has 0 fully saturated rings. The zero-order valence-electron chi connectivity index (χ0n) is 11.8. The lowest BCUT2D eigenvalue weighted by molar-refractivity contribution is -0.137. The van der Waals surface area contributed by atoms with Crippen molar-refractivity contribution in [3.63, 3.8) is 0 Å². The van der Waals surface area contributed by atoms with Crippen molar-refractivity contribution in [2.24, 2.45) is 0 Å². The van der Waals surface area contributed by atoms with Gasteiger partial charge in [0.1, 0.15) is 0 Å². The highest BCUT2D eigenvalue weighted by molar-refractivity contribution is 5.89. The third-order valence-corrected chi connectivity index (χ3v) is 2.43. The highest BCUT2D eigenvalue weighted by Gasteiger charge is 2.29. The second kappa shape index (κ2) is 8.11. The van der Waals surface area contributed by atoms with Crippen LogP contribution in [0.4, 0.5) is 28.4 Å². The van der Waals surface area contributed by atoms with Crippen LogP contribution >= 0.6 is 0 Å². The van der Waals surface area contributed by atoms with E-state index in [1.807, 2.05) is 0 Å². The minimum absolute atomic E-state index is 0.144. The third-order valence-electron chi connectivity index (χ3n) is 2.43. The van der Waals surface area contributed by atoms with Crippen molar-refractivity contribution < 1.29 is 27.5 Å². The number of hydrogen-bond acceptors (Lipinski definition) is 3. The molecule has 0 saturated heterocycles. The van der Waals surface area contributed by atoms with Gasteiger partial charge in [0.25, 0.3) is 0 Å². The van der Waals surface area contributed by atoms with Gasteiger partial charge in [-0.05, 0) is 31.2 Å². The van der Waals surface area contributed by atoms with E-state index in [1.165, 1.54) is 0 Å². The fourth-order valence-corrected chi connectivity index (χ4v) is 1.44. The van der Waals surface area contributed by atoms with Gasteiger partial charge in [-0.2, -0.15) is 13.2 Å². The van der Waals surface area contributed by atoms with E-state index in [2.05, 4.69) is 20.7 Å². The summed E-state index contributed by atoms with van der Waals surface area (Å²) < 4.78 is 41.7. The molecular formula is C13H16F3N3O3. The van der Waals surface area contributed by atoms with E-state index in [0.29, 0.717) is 0 Å². The Labute approximate surface area is 125 Å². The van der Waals surface area contributed by atoms with Crippen molar-refractivity contribution in [3.8, 4) is 0 Å². The lowest BCUT2D eigenvalue weighted by atomic mass is 10.2. The molecule has 0 spiro atoms. The van der Waals surface area contributed by atoms with Crippen LogP contribution in [0.5, 0.6) is 0 Å². The zero-order chi connectivity index (χ0) is 16.6. The molecule has 1 aromatic rings. The number of ether oxygens (including phenoxy) is 1. The van der Waals surface area contributed by atoms with Crippen molar-refractivity contribution in [2.75, 3.05) is 25.0 Å². The van der Waals surface area contributed by atoms with Crippen LogP contribution < -0.4 is 16.0 Å². The van der Waals surface area contributed by atoms with Gasteiger partial charge in [-0.3, -0.25) is 0 Å². The minimum atomic E-state index is -4.42. The van der Waals surface area contributed by atoms with E-state index >= 15 is 0 Å². The summed E-state index contributed by atoms with van der Waals surface area (Å²) in [6.45, 7) is 2.22. The first-order valence-electron chi connectivity index (χ1n) is 6.45. The van der Waals surface area contributed by atoms with Crippen LogP contribution in [0.2, 0.25) is 0 Å². The van der Waals surface area contributed by atoms with E-state index < -0.39 is 23.9 Å². The van der Waals surface area contributed by atoms with Crippen molar-refractivity contribution in [2.45, 2.75) is 13.1 Å². The summed E-state index contributed by atoms with van der Waals surface area (Å²) in [6, 6.07) is 3.46. The van der Waals surface area contributed by atoms with Gasteiger partial charge in [0.2, 0.25) is 0 Å². The average molecular weight is 319 g/mol. The molecule has 1 aromatic carbocycles. The Kier molecular flexibility index (Phi) is 6.48. The third kappa shape index (κ3) is 6.33. The summed E-state index contributed by atoms with van der Waals surface area (Å²) in [4.78, 5) is 22.4.